The van der Waals surface area contributed by atoms with Gasteiger partial charge >= 0.3 is 0 Å². The SMILES string of the molecule is CCNC(=NCCNC(=O)c1ccc(OC)cc1)N1CCC(COCCOC)C1.I. The van der Waals surface area contributed by atoms with Crippen molar-refractivity contribution in [1.82, 2.24) is 15.5 Å². The first-order chi connectivity index (χ1) is 14.2. The van der Waals surface area contributed by atoms with E-state index in [9.17, 15) is 4.79 Å². The number of carbonyl (C=O) groups excluding carboxylic acids is 1. The number of carbonyl (C=O) groups is 1. The summed E-state index contributed by atoms with van der Waals surface area (Å²) in [4.78, 5) is 19.1. The zero-order valence-corrected chi connectivity index (χ0v) is 20.5. The van der Waals surface area contributed by atoms with Gasteiger partial charge in [-0.25, -0.2) is 0 Å². The fraction of sp³-hybridized carbons (Fsp3) is 0.619. The van der Waals surface area contributed by atoms with Crippen LogP contribution >= 0.6 is 24.0 Å². The molecule has 1 aromatic rings. The largest absolute Gasteiger partial charge is 0.497 e. The molecule has 1 aliphatic heterocycles. The maximum absolute atomic E-state index is 12.2. The Hall–Kier alpha value is -1.59. The number of benzene rings is 1. The molecule has 0 spiro atoms. The highest BCUT2D eigenvalue weighted by Crippen LogP contribution is 2.16. The van der Waals surface area contributed by atoms with E-state index in [0.29, 0.717) is 37.8 Å². The summed E-state index contributed by atoms with van der Waals surface area (Å²) in [6, 6.07) is 7.05. The number of nitrogens with zero attached hydrogens (tertiary/aromatic N) is 2. The van der Waals surface area contributed by atoms with Crippen molar-refractivity contribution in [1.29, 1.82) is 0 Å². The number of aliphatic imine (C=N–C) groups is 1. The van der Waals surface area contributed by atoms with E-state index in [1.807, 2.05) is 0 Å². The summed E-state index contributed by atoms with van der Waals surface area (Å²) in [6.07, 6.45) is 1.09. The van der Waals surface area contributed by atoms with E-state index in [1.54, 1.807) is 38.5 Å². The summed E-state index contributed by atoms with van der Waals surface area (Å²) in [5, 5.41) is 6.25. The lowest BCUT2D eigenvalue weighted by Gasteiger charge is -2.21. The van der Waals surface area contributed by atoms with Crippen LogP contribution in [-0.4, -0.2) is 83.5 Å². The Balaban J connectivity index is 0.00000450. The summed E-state index contributed by atoms with van der Waals surface area (Å²) in [6.45, 7) is 7.77. The number of rotatable bonds is 11. The second-order valence-corrected chi connectivity index (χ2v) is 6.89. The number of halogens is 1. The normalized spacial score (nSPS) is 16.2. The molecule has 0 aromatic heterocycles. The van der Waals surface area contributed by atoms with Gasteiger partial charge in [0.05, 0.1) is 33.5 Å². The molecule has 30 heavy (non-hydrogen) atoms. The van der Waals surface area contributed by atoms with Crippen LogP contribution in [0.15, 0.2) is 29.3 Å². The summed E-state index contributed by atoms with van der Waals surface area (Å²) in [5.41, 5.74) is 0.609. The third-order valence-electron chi connectivity index (χ3n) is 4.72. The molecule has 1 aliphatic rings. The molecule has 1 saturated heterocycles. The number of hydrogen-bond acceptors (Lipinski definition) is 5. The Bertz CT molecular complexity index is 642. The van der Waals surface area contributed by atoms with Crippen LogP contribution < -0.4 is 15.4 Å². The molecule has 1 heterocycles. The highest BCUT2D eigenvalue weighted by Gasteiger charge is 2.24. The van der Waals surface area contributed by atoms with Crippen LogP contribution in [0.1, 0.15) is 23.7 Å². The Morgan fingerprint density at radius 2 is 1.97 bits per heavy atom. The van der Waals surface area contributed by atoms with Crippen molar-refractivity contribution in [2.75, 3.05) is 66.8 Å². The number of hydrogen-bond donors (Lipinski definition) is 2. The van der Waals surface area contributed by atoms with Crippen LogP contribution in [0.2, 0.25) is 0 Å². The fourth-order valence-electron chi connectivity index (χ4n) is 3.15. The number of amides is 1. The van der Waals surface area contributed by atoms with E-state index in [1.165, 1.54) is 0 Å². The van der Waals surface area contributed by atoms with Crippen molar-refractivity contribution in [3.8, 4) is 5.75 Å². The lowest BCUT2D eigenvalue weighted by Crippen LogP contribution is -2.41. The quantitative estimate of drug-likeness (QED) is 0.196. The predicted octanol–water partition coefficient (Wildman–Crippen LogP) is 1.99. The first kappa shape index (κ1) is 26.4. The Kier molecular flexibility index (Phi) is 13.4. The van der Waals surface area contributed by atoms with Gasteiger partial charge in [-0.05, 0) is 37.6 Å². The molecule has 0 aliphatic carbocycles. The average molecular weight is 534 g/mol. The molecule has 2 rings (SSSR count). The standard InChI is InChI=1S/C21H34N4O4.HI/c1-4-22-21(25-12-9-17(15-25)16-29-14-13-27-2)24-11-10-23-20(26)18-5-7-19(28-3)8-6-18;/h5-8,17H,4,9-16H2,1-3H3,(H,22,24)(H,23,26);1H. The van der Waals surface area contributed by atoms with Gasteiger partial charge in [-0.15, -0.1) is 24.0 Å². The zero-order valence-electron chi connectivity index (χ0n) is 18.2. The van der Waals surface area contributed by atoms with Crippen LogP contribution in [0.5, 0.6) is 5.75 Å². The third kappa shape index (κ3) is 9.05. The smallest absolute Gasteiger partial charge is 0.251 e. The molecular formula is C21H35IN4O4. The summed E-state index contributed by atoms with van der Waals surface area (Å²) < 4.78 is 15.8. The van der Waals surface area contributed by atoms with Gasteiger partial charge in [-0.1, -0.05) is 0 Å². The van der Waals surface area contributed by atoms with Gasteiger partial charge in [0, 0.05) is 44.8 Å². The molecule has 1 unspecified atom stereocenters. The summed E-state index contributed by atoms with van der Waals surface area (Å²) in [5.74, 6) is 2.02. The second kappa shape index (κ2) is 15.2. The summed E-state index contributed by atoms with van der Waals surface area (Å²) in [7, 11) is 3.28. The van der Waals surface area contributed by atoms with Gasteiger partial charge in [0.1, 0.15) is 5.75 Å². The Labute approximate surface area is 196 Å². The van der Waals surface area contributed by atoms with Gasteiger partial charge in [0.25, 0.3) is 5.91 Å². The van der Waals surface area contributed by atoms with Gasteiger partial charge in [-0.2, -0.15) is 0 Å². The molecule has 0 saturated carbocycles. The third-order valence-corrected chi connectivity index (χ3v) is 4.72. The van der Waals surface area contributed by atoms with E-state index in [-0.39, 0.29) is 29.9 Å². The minimum absolute atomic E-state index is 0. The molecule has 1 fully saturated rings. The Morgan fingerprint density at radius 1 is 1.20 bits per heavy atom. The fourth-order valence-corrected chi connectivity index (χ4v) is 3.15. The first-order valence-corrected chi connectivity index (χ1v) is 10.2. The molecule has 2 N–H and O–H groups in total. The molecular weight excluding hydrogens is 499 g/mol. The monoisotopic (exact) mass is 534 g/mol. The minimum Gasteiger partial charge on any atom is -0.497 e. The van der Waals surface area contributed by atoms with Crippen LogP contribution in [0.4, 0.5) is 0 Å². The highest BCUT2D eigenvalue weighted by atomic mass is 127. The number of guanidine groups is 1. The van der Waals surface area contributed by atoms with E-state index in [0.717, 1.165) is 44.4 Å². The van der Waals surface area contributed by atoms with Crippen molar-refractivity contribution >= 4 is 35.8 Å². The van der Waals surface area contributed by atoms with Gasteiger partial charge in [-0.3, -0.25) is 9.79 Å². The number of likely N-dealkylation sites (tertiary alicyclic amines) is 1. The van der Waals surface area contributed by atoms with Crippen molar-refractivity contribution in [3.63, 3.8) is 0 Å². The van der Waals surface area contributed by atoms with Crippen LogP contribution in [0.25, 0.3) is 0 Å². The lowest BCUT2D eigenvalue weighted by atomic mass is 10.1. The number of nitrogens with one attached hydrogen (secondary N) is 2. The molecule has 1 atom stereocenters. The van der Waals surface area contributed by atoms with Crippen molar-refractivity contribution in [2.24, 2.45) is 10.9 Å². The second-order valence-electron chi connectivity index (χ2n) is 6.89. The van der Waals surface area contributed by atoms with Crippen LogP contribution in [0.3, 0.4) is 0 Å². The van der Waals surface area contributed by atoms with E-state index in [4.69, 9.17) is 14.2 Å². The molecule has 170 valence electrons. The lowest BCUT2D eigenvalue weighted by molar-refractivity contribution is 0.0536. The molecule has 0 bridgehead atoms. The zero-order chi connectivity index (χ0) is 20.9. The number of methoxy groups -OCH3 is 2. The van der Waals surface area contributed by atoms with Crippen LogP contribution in [0, 0.1) is 5.92 Å². The van der Waals surface area contributed by atoms with Gasteiger partial charge < -0.3 is 29.7 Å². The maximum atomic E-state index is 12.2. The van der Waals surface area contributed by atoms with Crippen LogP contribution in [-0.2, 0) is 9.47 Å². The van der Waals surface area contributed by atoms with Crippen molar-refractivity contribution in [3.05, 3.63) is 29.8 Å². The maximum Gasteiger partial charge on any atom is 0.251 e. The van der Waals surface area contributed by atoms with Gasteiger partial charge in [0.2, 0.25) is 0 Å². The molecule has 1 amide bonds. The van der Waals surface area contributed by atoms with Gasteiger partial charge in [0.15, 0.2) is 5.96 Å². The molecule has 9 heteroatoms. The highest BCUT2D eigenvalue weighted by molar-refractivity contribution is 14.0. The van der Waals surface area contributed by atoms with Crippen molar-refractivity contribution < 1.29 is 19.0 Å². The van der Waals surface area contributed by atoms with E-state index < -0.39 is 0 Å². The summed E-state index contributed by atoms with van der Waals surface area (Å²) >= 11 is 0. The predicted molar refractivity (Wildman–Crippen MR) is 129 cm³/mol. The molecule has 8 nitrogen and oxygen atoms in total. The average Bonchev–Trinajstić information content (AvgIpc) is 3.22. The van der Waals surface area contributed by atoms with Crippen molar-refractivity contribution in [2.45, 2.75) is 13.3 Å². The Morgan fingerprint density at radius 3 is 2.63 bits per heavy atom. The number of ether oxygens (including phenoxy) is 3. The topological polar surface area (TPSA) is 84.4 Å². The van der Waals surface area contributed by atoms with E-state index >= 15 is 0 Å². The molecule has 0 radical (unpaired) electrons. The first-order valence-electron chi connectivity index (χ1n) is 10.2. The minimum atomic E-state index is -0.109. The van der Waals surface area contributed by atoms with E-state index in [2.05, 4.69) is 27.4 Å². The molecule has 1 aromatic carbocycles.